The van der Waals surface area contributed by atoms with E-state index in [0.717, 1.165) is 11.6 Å². The number of carbonyl (C=O) groups is 2. The van der Waals surface area contributed by atoms with Crippen molar-refractivity contribution in [1.29, 1.82) is 0 Å². The van der Waals surface area contributed by atoms with E-state index in [1.807, 2.05) is 30.3 Å². The number of benzene rings is 2. The Morgan fingerprint density at radius 3 is 2.62 bits per heavy atom. The SMILES string of the molecule is O=C(COC(=O)/C=C/c1ccc(F)c(Cl)c1)NCc1ccccc1. The van der Waals surface area contributed by atoms with Crippen LogP contribution in [0.2, 0.25) is 5.02 Å². The zero-order valence-corrected chi connectivity index (χ0v) is 13.4. The third kappa shape index (κ3) is 5.85. The number of ether oxygens (including phenoxy) is 1. The van der Waals surface area contributed by atoms with E-state index in [1.54, 1.807) is 0 Å². The number of esters is 1. The standard InChI is InChI=1S/C18H15ClFNO3/c19-15-10-13(6-8-16(15)20)7-9-18(23)24-12-17(22)21-11-14-4-2-1-3-5-14/h1-10H,11-12H2,(H,21,22)/b9-7+. The third-order valence-corrected chi connectivity index (χ3v) is 3.32. The Hall–Kier alpha value is -2.66. The summed E-state index contributed by atoms with van der Waals surface area (Å²) in [4.78, 5) is 23.2. The summed E-state index contributed by atoms with van der Waals surface area (Å²) in [6.45, 7) is -0.0126. The predicted molar refractivity (Wildman–Crippen MR) is 89.7 cm³/mol. The number of carbonyl (C=O) groups excluding carboxylic acids is 2. The molecule has 0 aliphatic rings. The fourth-order valence-corrected chi connectivity index (χ4v) is 2.00. The molecule has 6 heteroatoms. The van der Waals surface area contributed by atoms with Gasteiger partial charge < -0.3 is 10.1 Å². The molecule has 0 saturated heterocycles. The number of hydrogen-bond donors (Lipinski definition) is 1. The first-order chi connectivity index (χ1) is 11.5. The molecule has 0 aromatic heterocycles. The molecule has 0 aliphatic carbocycles. The fourth-order valence-electron chi connectivity index (χ4n) is 1.81. The average Bonchev–Trinajstić information content (AvgIpc) is 2.60. The van der Waals surface area contributed by atoms with Crippen molar-refractivity contribution in [2.75, 3.05) is 6.61 Å². The summed E-state index contributed by atoms with van der Waals surface area (Å²) in [6.07, 6.45) is 2.57. The van der Waals surface area contributed by atoms with Crippen molar-refractivity contribution in [2.45, 2.75) is 6.54 Å². The van der Waals surface area contributed by atoms with Gasteiger partial charge in [0.1, 0.15) is 5.82 Å². The zero-order valence-electron chi connectivity index (χ0n) is 12.7. The molecule has 0 bridgehead atoms. The van der Waals surface area contributed by atoms with Crippen molar-refractivity contribution in [3.63, 3.8) is 0 Å². The van der Waals surface area contributed by atoms with E-state index in [9.17, 15) is 14.0 Å². The van der Waals surface area contributed by atoms with E-state index < -0.39 is 17.7 Å². The largest absolute Gasteiger partial charge is 0.452 e. The van der Waals surface area contributed by atoms with Gasteiger partial charge in [-0.3, -0.25) is 4.79 Å². The van der Waals surface area contributed by atoms with Crippen molar-refractivity contribution >= 4 is 29.6 Å². The summed E-state index contributed by atoms with van der Waals surface area (Å²) in [5, 5.41) is 2.61. The number of hydrogen-bond acceptors (Lipinski definition) is 3. The van der Waals surface area contributed by atoms with E-state index in [-0.39, 0.29) is 11.6 Å². The number of nitrogens with one attached hydrogen (secondary N) is 1. The van der Waals surface area contributed by atoms with E-state index >= 15 is 0 Å². The van der Waals surface area contributed by atoms with Gasteiger partial charge in [-0.25, -0.2) is 9.18 Å². The molecule has 0 radical (unpaired) electrons. The Bertz CT molecular complexity index is 747. The molecule has 1 amide bonds. The highest BCUT2D eigenvalue weighted by molar-refractivity contribution is 6.30. The van der Waals surface area contributed by atoms with Crippen LogP contribution < -0.4 is 5.32 Å². The average molecular weight is 348 g/mol. The van der Waals surface area contributed by atoms with Gasteiger partial charge in [-0.15, -0.1) is 0 Å². The van der Waals surface area contributed by atoms with Crippen LogP contribution >= 0.6 is 11.6 Å². The first kappa shape index (κ1) is 17.7. The Labute approximate surface area is 143 Å². The molecule has 24 heavy (non-hydrogen) atoms. The van der Waals surface area contributed by atoms with Gasteiger partial charge in [-0.1, -0.05) is 48.0 Å². The fraction of sp³-hybridized carbons (Fsp3) is 0.111. The predicted octanol–water partition coefficient (Wildman–Crippen LogP) is 3.35. The molecule has 2 aromatic carbocycles. The monoisotopic (exact) mass is 347 g/mol. The maximum absolute atomic E-state index is 13.0. The summed E-state index contributed by atoms with van der Waals surface area (Å²) >= 11 is 5.64. The molecule has 2 rings (SSSR count). The van der Waals surface area contributed by atoms with Crippen LogP contribution in [-0.4, -0.2) is 18.5 Å². The molecule has 2 aromatic rings. The van der Waals surface area contributed by atoms with E-state index in [2.05, 4.69) is 5.32 Å². The summed E-state index contributed by atoms with van der Waals surface area (Å²) in [5.74, 6) is -1.61. The maximum Gasteiger partial charge on any atom is 0.331 e. The highest BCUT2D eigenvalue weighted by Gasteiger charge is 2.05. The van der Waals surface area contributed by atoms with Gasteiger partial charge in [0.15, 0.2) is 6.61 Å². The Balaban J connectivity index is 1.75. The van der Waals surface area contributed by atoms with Crippen molar-refractivity contribution in [3.8, 4) is 0 Å². The second-order valence-electron chi connectivity index (χ2n) is 4.88. The first-order valence-corrected chi connectivity index (χ1v) is 7.53. The highest BCUT2D eigenvalue weighted by Crippen LogP contribution is 2.16. The minimum absolute atomic E-state index is 0.0363. The van der Waals surface area contributed by atoms with Crippen LogP contribution in [0.4, 0.5) is 4.39 Å². The van der Waals surface area contributed by atoms with Crippen LogP contribution in [0.25, 0.3) is 6.08 Å². The molecule has 0 aliphatic heterocycles. The minimum Gasteiger partial charge on any atom is -0.452 e. The van der Waals surface area contributed by atoms with Crippen LogP contribution in [-0.2, 0) is 20.9 Å². The van der Waals surface area contributed by atoms with Crippen molar-refractivity contribution in [1.82, 2.24) is 5.32 Å². The van der Waals surface area contributed by atoms with E-state index in [0.29, 0.717) is 12.1 Å². The van der Waals surface area contributed by atoms with Gasteiger partial charge >= 0.3 is 5.97 Å². The van der Waals surface area contributed by atoms with Gasteiger partial charge in [0.25, 0.3) is 5.91 Å². The molecule has 0 atom stereocenters. The topological polar surface area (TPSA) is 55.4 Å². The molecule has 0 saturated carbocycles. The van der Waals surface area contributed by atoms with Gasteiger partial charge in [0, 0.05) is 12.6 Å². The molecule has 124 valence electrons. The minimum atomic E-state index is -0.676. The smallest absolute Gasteiger partial charge is 0.331 e. The molecular weight excluding hydrogens is 333 g/mol. The van der Waals surface area contributed by atoms with E-state index in [4.69, 9.17) is 16.3 Å². The second kappa shape index (κ2) is 8.84. The van der Waals surface area contributed by atoms with Gasteiger partial charge in [0.2, 0.25) is 0 Å². The molecule has 0 fully saturated rings. The van der Waals surface area contributed by atoms with Crippen molar-refractivity contribution in [3.05, 3.63) is 76.6 Å². The van der Waals surface area contributed by atoms with Gasteiger partial charge in [-0.05, 0) is 29.3 Å². The molecule has 1 N–H and O–H groups in total. The lowest BCUT2D eigenvalue weighted by molar-refractivity contribution is -0.143. The maximum atomic E-state index is 13.0. The number of amides is 1. The molecular formula is C18H15ClFNO3. The summed E-state index contributed by atoms with van der Waals surface area (Å²) in [6, 6.07) is 13.4. The van der Waals surface area contributed by atoms with E-state index in [1.165, 1.54) is 24.3 Å². The summed E-state index contributed by atoms with van der Waals surface area (Å²) in [5.41, 5.74) is 1.50. The van der Waals surface area contributed by atoms with Gasteiger partial charge in [-0.2, -0.15) is 0 Å². The van der Waals surface area contributed by atoms with Crippen LogP contribution in [0.3, 0.4) is 0 Å². The van der Waals surface area contributed by atoms with Crippen molar-refractivity contribution in [2.24, 2.45) is 0 Å². The van der Waals surface area contributed by atoms with Crippen LogP contribution in [0.15, 0.2) is 54.6 Å². The van der Waals surface area contributed by atoms with Gasteiger partial charge in [0.05, 0.1) is 5.02 Å². The summed E-state index contributed by atoms with van der Waals surface area (Å²) < 4.78 is 17.8. The highest BCUT2D eigenvalue weighted by atomic mass is 35.5. The quantitative estimate of drug-likeness (QED) is 0.644. The lowest BCUT2D eigenvalue weighted by atomic mass is 10.2. The third-order valence-electron chi connectivity index (χ3n) is 3.03. The molecule has 0 spiro atoms. The van der Waals surface area contributed by atoms with Crippen molar-refractivity contribution < 1.29 is 18.7 Å². The molecule has 4 nitrogen and oxygen atoms in total. The lowest BCUT2D eigenvalue weighted by Crippen LogP contribution is -2.28. The molecule has 0 heterocycles. The Kier molecular flexibility index (Phi) is 6.51. The second-order valence-corrected chi connectivity index (χ2v) is 5.28. The Morgan fingerprint density at radius 1 is 1.17 bits per heavy atom. The number of halogens is 2. The van der Waals surface area contributed by atoms with Crippen LogP contribution in [0.5, 0.6) is 0 Å². The lowest BCUT2D eigenvalue weighted by Gasteiger charge is -2.05. The van der Waals surface area contributed by atoms with Crippen LogP contribution in [0, 0.1) is 5.82 Å². The Morgan fingerprint density at radius 2 is 1.92 bits per heavy atom. The summed E-state index contributed by atoms with van der Waals surface area (Å²) in [7, 11) is 0. The normalized spacial score (nSPS) is 10.6. The first-order valence-electron chi connectivity index (χ1n) is 7.15. The molecule has 0 unspecified atom stereocenters. The zero-order chi connectivity index (χ0) is 17.4. The van der Waals surface area contributed by atoms with Crippen LogP contribution in [0.1, 0.15) is 11.1 Å². The number of rotatable bonds is 6.